The summed E-state index contributed by atoms with van der Waals surface area (Å²) in [6.07, 6.45) is 1.92. The number of fused-ring (bicyclic) bond motifs is 1. The molecule has 1 N–H and O–H groups in total. The molecule has 0 saturated carbocycles. The van der Waals surface area contributed by atoms with E-state index in [1.807, 2.05) is 36.6 Å². The summed E-state index contributed by atoms with van der Waals surface area (Å²) in [6, 6.07) is 8.68. The van der Waals surface area contributed by atoms with Gasteiger partial charge in [-0.1, -0.05) is 6.07 Å². The molecule has 0 unspecified atom stereocenters. The van der Waals surface area contributed by atoms with Crippen molar-refractivity contribution in [1.29, 1.82) is 0 Å². The molecule has 2 aromatic heterocycles. The normalized spacial score (nSPS) is 11.3. The first kappa shape index (κ1) is 17.6. The fraction of sp³-hybridized carbons (Fsp3) is 0.263. The highest BCUT2D eigenvalue weighted by Gasteiger charge is 2.16. The van der Waals surface area contributed by atoms with Crippen LogP contribution in [0.1, 0.15) is 23.7 Å². The minimum Gasteiger partial charge on any atom is -0.508 e. The smallest absolute Gasteiger partial charge is 0.312 e. The first-order valence-corrected chi connectivity index (χ1v) is 8.32. The Labute approximate surface area is 151 Å². The topological polar surface area (TPSA) is 88.5 Å². The second kappa shape index (κ2) is 7.35. The minimum atomic E-state index is -0.357. The summed E-state index contributed by atoms with van der Waals surface area (Å²) in [4.78, 5) is 16.4. The van der Waals surface area contributed by atoms with Gasteiger partial charge in [-0.2, -0.15) is 0 Å². The van der Waals surface area contributed by atoms with Gasteiger partial charge in [-0.25, -0.2) is 4.98 Å². The van der Waals surface area contributed by atoms with E-state index in [0.29, 0.717) is 29.5 Å². The van der Waals surface area contributed by atoms with Crippen LogP contribution in [-0.4, -0.2) is 27.1 Å². The molecule has 7 nitrogen and oxygen atoms in total. The van der Waals surface area contributed by atoms with Gasteiger partial charge in [-0.15, -0.1) is 10.2 Å². The van der Waals surface area contributed by atoms with Crippen molar-refractivity contribution >= 4 is 23.1 Å². The van der Waals surface area contributed by atoms with Crippen LogP contribution in [-0.2, 0) is 16.0 Å². The second-order valence-electron chi connectivity index (χ2n) is 5.97. The Morgan fingerprint density at radius 1 is 1.23 bits per heavy atom. The summed E-state index contributed by atoms with van der Waals surface area (Å²) in [5.74, 6) is 0.309. The predicted octanol–water partition coefficient (Wildman–Crippen LogP) is 4.18. The first-order valence-electron chi connectivity index (χ1n) is 8.32. The van der Waals surface area contributed by atoms with Gasteiger partial charge in [0.15, 0.2) is 5.82 Å². The first-order chi connectivity index (χ1) is 12.5. The van der Waals surface area contributed by atoms with Gasteiger partial charge in [0, 0.05) is 6.20 Å². The second-order valence-corrected chi connectivity index (χ2v) is 5.97. The summed E-state index contributed by atoms with van der Waals surface area (Å²) in [5.41, 5.74) is 3.66. The standard InChI is InChI=1S/C19H20N4O3/c1-4-26-18(25)10-16-19(23-11-12(2)5-8-17(23)20-16)22-21-15-7-6-14(24)9-13(15)3/h5-9,11,24H,4,10H2,1-3H3. The Morgan fingerprint density at radius 3 is 2.77 bits per heavy atom. The van der Waals surface area contributed by atoms with Gasteiger partial charge in [0.25, 0.3) is 0 Å². The van der Waals surface area contributed by atoms with E-state index in [-0.39, 0.29) is 18.1 Å². The van der Waals surface area contributed by atoms with E-state index in [0.717, 1.165) is 11.1 Å². The number of pyridine rings is 1. The summed E-state index contributed by atoms with van der Waals surface area (Å²) in [6.45, 7) is 5.88. The van der Waals surface area contributed by atoms with Crippen molar-refractivity contribution in [2.75, 3.05) is 6.61 Å². The van der Waals surface area contributed by atoms with Crippen LogP contribution < -0.4 is 0 Å². The van der Waals surface area contributed by atoms with Crippen LogP contribution >= 0.6 is 0 Å². The van der Waals surface area contributed by atoms with E-state index < -0.39 is 0 Å². The Hall–Kier alpha value is -3.22. The van der Waals surface area contributed by atoms with Crippen molar-refractivity contribution in [1.82, 2.24) is 9.38 Å². The molecule has 0 aliphatic heterocycles. The number of ether oxygens (including phenoxy) is 1. The number of phenols is 1. The summed E-state index contributed by atoms with van der Waals surface area (Å²) in [7, 11) is 0. The van der Waals surface area contributed by atoms with E-state index in [1.165, 1.54) is 0 Å². The average Bonchev–Trinajstić information content (AvgIpc) is 2.91. The van der Waals surface area contributed by atoms with Crippen molar-refractivity contribution in [2.24, 2.45) is 10.2 Å². The largest absolute Gasteiger partial charge is 0.508 e. The van der Waals surface area contributed by atoms with Crippen LogP contribution in [0.4, 0.5) is 11.5 Å². The van der Waals surface area contributed by atoms with Gasteiger partial charge in [-0.05, 0) is 56.2 Å². The molecule has 26 heavy (non-hydrogen) atoms. The molecule has 134 valence electrons. The number of benzene rings is 1. The van der Waals surface area contributed by atoms with Crippen molar-refractivity contribution in [2.45, 2.75) is 27.2 Å². The van der Waals surface area contributed by atoms with Crippen molar-refractivity contribution in [3.05, 3.63) is 53.3 Å². The highest BCUT2D eigenvalue weighted by atomic mass is 16.5. The summed E-state index contributed by atoms with van der Waals surface area (Å²) >= 11 is 0. The number of aromatic nitrogens is 2. The van der Waals surface area contributed by atoms with Crippen LogP contribution in [0.5, 0.6) is 5.75 Å². The van der Waals surface area contributed by atoms with E-state index in [9.17, 15) is 9.90 Å². The number of azo groups is 1. The zero-order valence-electron chi connectivity index (χ0n) is 14.9. The summed E-state index contributed by atoms with van der Waals surface area (Å²) < 4.78 is 6.84. The zero-order valence-corrected chi connectivity index (χ0v) is 14.9. The molecular weight excluding hydrogens is 332 g/mol. The lowest BCUT2D eigenvalue weighted by Crippen LogP contribution is -2.07. The molecule has 0 aliphatic rings. The summed E-state index contributed by atoms with van der Waals surface area (Å²) in [5, 5.41) is 18.1. The number of phenolic OH excluding ortho intramolecular Hbond substituents is 1. The van der Waals surface area contributed by atoms with E-state index in [1.54, 1.807) is 25.1 Å². The Balaban J connectivity index is 2.05. The average molecular weight is 352 g/mol. The number of esters is 1. The van der Waals surface area contributed by atoms with Crippen molar-refractivity contribution < 1.29 is 14.6 Å². The number of carbonyl (C=O) groups excluding carboxylic acids is 1. The quantitative estimate of drug-likeness (QED) is 0.551. The monoisotopic (exact) mass is 352 g/mol. The van der Waals surface area contributed by atoms with Gasteiger partial charge < -0.3 is 9.84 Å². The number of imidazole rings is 1. The highest BCUT2D eigenvalue weighted by Crippen LogP contribution is 2.28. The molecule has 0 radical (unpaired) electrons. The maximum atomic E-state index is 11.9. The lowest BCUT2D eigenvalue weighted by Gasteiger charge is -2.02. The molecule has 3 rings (SSSR count). The lowest BCUT2D eigenvalue weighted by molar-refractivity contribution is -0.142. The maximum Gasteiger partial charge on any atom is 0.312 e. The molecule has 0 saturated heterocycles. The number of nitrogens with zero attached hydrogens (tertiary/aromatic N) is 4. The maximum absolute atomic E-state index is 11.9. The molecular formula is C19H20N4O3. The van der Waals surface area contributed by atoms with Crippen LogP contribution in [0.3, 0.4) is 0 Å². The van der Waals surface area contributed by atoms with E-state index in [2.05, 4.69) is 15.2 Å². The molecule has 0 amide bonds. The highest BCUT2D eigenvalue weighted by molar-refractivity contribution is 5.74. The molecule has 3 aromatic rings. The molecule has 0 fully saturated rings. The minimum absolute atomic E-state index is 0.0253. The van der Waals surface area contributed by atoms with Crippen molar-refractivity contribution in [3.63, 3.8) is 0 Å². The Morgan fingerprint density at radius 2 is 2.04 bits per heavy atom. The van der Waals surface area contributed by atoms with Crippen molar-refractivity contribution in [3.8, 4) is 5.75 Å². The Kier molecular flexibility index (Phi) is 4.97. The van der Waals surface area contributed by atoms with Gasteiger partial charge >= 0.3 is 5.97 Å². The van der Waals surface area contributed by atoms with Crippen LogP contribution in [0.15, 0.2) is 46.8 Å². The van der Waals surface area contributed by atoms with Crippen LogP contribution in [0, 0.1) is 13.8 Å². The van der Waals surface area contributed by atoms with Crippen LogP contribution in [0.2, 0.25) is 0 Å². The molecule has 0 aliphatic carbocycles. The molecule has 1 aromatic carbocycles. The number of aromatic hydroxyl groups is 1. The molecule has 0 atom stereocenters. The number of rotatable bonds is 5. The van der Waals surface area contributed by atoms with Gasteiger partial charge in [0.1, 0.15) is 11.4 Å². The number of hydrogen-bond donors (Lipinski definition) is 1. The predicted molar refractivity (Wildman–Crippen MR) is 97.3 cm³/mol. The third-order valence-electron chi connectivity index (χ3n) is 3.86. The third-order valence-corrected chi connectivity index (χ3v) is 3.86. The zero-order chi connectivity index (χ0) is 18.7. The van der Waals surface area contributed by atoms with Gasteiger partial charge in [-0.3, -0.25) is 9.20 Å². The van der Waals surface area contributed by atoms with Crippen LogP contribution in [0.25, 0.3) is 5.65 Å². The third kappa shape index (κ3) is 3.72. The molecule has 0 bridgehead atoms. The number of hydrogen-bond acceptors (Lipinski definition) is 6. The van der Waals surface area contributed by atoms with Gasteiger partial charge in [0.2, 0.25) is 0 Å². The number of carbonyl (C=O) groups is 1. The fourth-order valence-corrected chi connectivity index (χ4v) is 2.61. The SMILES string of the molecule is CCOC(=O)Cc1nc2ccc(C)cn2c1N=Nc1ccc(O)cc1C. The molecule has 2 heterocycles. The van der Waals surface area contributed by atoms with E-state index in [4.69, 9.17) is 4.74 Å². The van der Waals surface area contributed by atoms with Gasteiger partial charge in [0.05, 0.1) is 24.4 Å². The molecule has 7 heteroatoms. The van der Waals surface area contributed by atoms with E-state index >= 15 is 0 Å². The lowest BCUT2D eigenvalue weighted by atomic mass is 10.2. The number of aryl methyl sites for hydroxylation is 2. The fourth-order valence-electron chi connectivity index (χ4n) is 2.61. The Bertz CT molecular complexity index is 992. The molecule has 0 spiro atoms.